The van der Waals surface area contributed by atoms with E-state index < -0.39 is 0 Å². The molecule has 0 saturated heterocycles. The minimum atomic E-state index is 0.293. The van der Waals surface area contributed by atoms with Crippen molar-refractivity contribution in [3.63, 3.8) is 0 Å². The minimum absolute atomic E-state index is 0.293. The highest BCUT2D eigenvalue weighted by Gasteiger charge is 2.14. The van der Waals surface area contributed by atoms with Crippen molar-refractivity contribution in [2.45, 2.75) is 26.5 Å². The van der Waals surface area contributed by atoms with E-state index in [2.05, 4.69) is 42.7 Å². The smallest absolute Gasteiger partial charge is 0.148 e. The first kappa shape index (κ1) is 16.0. The third-order valence-electron chi connectivity index (χ3n) is 4.33. The Hall–Kier alpha value is -2.52. The molecule has 0 aliphatic heterocycles. The van der Waals surface area contributed by atoms with Crippen molar-refractivity contribution < 1.29 is 4.74 Å². The molecule has 0 unspecified atom stereocenters. The molecule has 3 nitrogen and oxygen atoms in total. The number of hydrogen-bond acceptors (Lipinski definition) is 2. The molecule has 4 aromatic rings. The van der Waals surface area contributed by atoms with E-state index in [0.29, 0.717) is 17.7 Å². The average Bonchev–Trinajstić information content (AvgIpc) is 2.97. The number of nitrogens with zero attached hydrogens (tertiary/aromatic N) is 2. The van der Waals surface area contributed by atoms with E-state index >= 15 is 0 Å². The Labute approximate surface area is 151 Å². The molecule has 0 fully saturated rings. The van der Waals surface area contributed by atoms with Gasteiger partial charge in [-0.05, 0) is 55.0 Å². The Morgan fingerprint density at radius 1 is 1.00 bits per heavy atom. The third-order valence-corrected chi connectivity index (χ3v) is 4.56. The number of imidazole rings is 1. The number of halogens is 1. The molecule has 1 heterocycles. The van der Waals surface area contributed by atoms with Gasteiger partial charge in [0.25, 0.3) is 0 Å². The molecule has 0 saturated carbocycles. The topological polar surface area (TPSA) is 27.1 Å². The predicted octanol–water partition coefficient (Wildman–Crippen LogP) is 6.00. The lowest BCUT2D eigenvalue weighted by Crippen LogP contribution is -2.09. The highest BCUT2D eigenvalue weighted by molar-refractivity contribution is 6.31. The lowest BCUT2D eigenvalue weighted by Gasteiger charge is -2.14. The van der Waals surface area contributed by atoms with Crippen LogP contribution in [-0.2, 0) is 6.61 Å². The normalized spacial score (nSPS) is 11.5. The monoisotopic (exact) mass is 350 g/mol. The molecule has 0 amide bonds. The molecule has 25 heavy (non-hydrogen) atoms. The molecule has 0 aliphatic rings. The van der Waals surface area contributed by atoms with Crippen molar-refractivity contribution in [1.29, 1.82) is 0 Å². The Morgan fingerprint density at radius 2 is 1.80 bits per heavy atom. The van der Waals surface area contributed by atoms with Gasteiger partial charge in [0.2, 0.25) is 0 Å². The Kier molecular flexibility index (Phi) is 4.10. The number of ether oxygens (including phenoxy) is 1. The van der Waals surface area contributed by atoms with Crippen LogP contribution in [0.3, 0.4) is 0 Å². The zero-order valence-electron chi connectivity index (χ0n) is 14.2. The van der Waals surface area contributed by atoms with Gasteiger partial charge in [-0.1, -0.05) is 41.9 Å². The summed E-state index contributed by atoms with van der Waals surface area (Å²) in [5, 5.41) is 3.07. The summed E-state index contributed by atoms with van der Waals surface area (Å²) in [6.07, 6.45) is 0. The summed E-state index contributed by atoms with van der Waals surface area (Å²) in [7, 11) is 0. The van der Waals surface area contributed by atoms with Gasteiger partial charge >= 0.3 is 0 Å². The van der Waals surface area contributed by atoms with E-state index in [1.807, 2.05) is 36.4 Å². The van der Waals surface area contributed by atoms with Crippen LogP contribution in [0.5, 0.6) is 5.75 Å². The average molecular weight is 351 g/mol. The van der Waals surface area contributed by atoms with E-state index in [0.717, 1.165) is 22.6 Å². The van der Waals surface area contributed by atoms with E-state index in [-0.39, 0.29) is 0 Å². The van der Waals surface area contributed by atoms with Crippen molar-refractivity contribution >= 4 is 33.4 Å². The van der Waals surface area contributed by atoms with E-state index in [9.17, 15) is 0 Å². The Bertz CT molecular complexity index is 1050. The first-order valence-corrected chi connectivity index (χ1v) is 8.77. The highest BCUT2D eigenvalue weighted by Crippen LogP contribution is 2.26. The van der Waals surface area contributed by atoms with Crippen molar-refractivity contribution in [2.24, 2.45) is 0 Å². The van der Waals surface area contributed by atoms with Gasteiger partial charge in [-0.25, -0.2) is 4.98 Å². The van der Waals surface area contributed by atoms with Crippen LogP contribution in [0.4, 0.5) is 0 Å². The minimum Gasteiger partial charge on any atom is -0.486 e. The lowest BCUT2D eigenvalue weighted by atomic mass is 10.1. The summed E-state index contributed by atoms with van der Waals surface area (Å²) in [4.78, 5) is 4.73. The number of aromatic nitrogens is 2. The van der Waals surface area contributed by atoms with Gasteiger partial charge in [-0.3, -0.25) is 0 Å². The summed E-state index contributed by atoms with van der Waals surface area (Å²) in [6.45, 7) is 4.72. The van der Waals surface area contributed by atoms with Crippen LogP contribution < -0.4 is 4.74 Å². The molecule has 4 heteroatoms. The van der Waals surface area contributed by atoms with E-state index in [1.54, 1.807) is 0 Å². The Balaban J connectivity index is 1.66. The molecule has 0 N–H and O–H groups in total. The number of hydrogen-bond donors (Lipinski definition) is 0. The molecular weight excluding hydrogens is 332 g/mol. The van der Waals surface area contributed by atoms with Gasteiger partial charge in [0.15, 0.2) is 0 Å². The quantitative estimate of drug-likeness (QED) is 0.451. The van der Waals surface area contributed by atoms with Gasteiger partial charge in [0.05, 0.1) is 11.0 Å². The molecule has 126 valence electrons. The number of rotatable bonds is 4. The maximum absolute atomic E-state index is 6.11. The molecule has 0 bridgehead atoms. The Morgan fingerprint density at radius 3 is 2.60 bits per heavy atom. The summed E-state index contributed by atoms with van der Waals surface area (Å²) in [5.41, 5.74) is 1.98. The second-order valence-corrected chi connectivity index (χ2v) is 6.86. The highest BCUT2D eigenvalue weighted by atomic mass is 35.5. The van der Waals surface area contributed by atoms with Gasteiger partial charge < -0.3 is 9.30 Å². The van der Waals surface area contributed by atoms with Crippen LogP contribution in [0.15, 0.2) is 60.7 Å². The van der Waals surface area contributed by atoms with Crippen molar-refractivity contribution in [2.75, 3.05) is 0 Å². The van der Waals surface area contributed by atoms with Gasteiger partial charge in [0.1, 0.15) is 18.2 Å². The fourth-order valence-electron chi connectivity index (χ4n) is 3.20. The fraction of sp³-hybridized carbons (Fsp3) is 0.190. The molecule has 3 aromatic carbocycles. The first-order chi connectivity index (χ1) is 12.1. The van der Waals surface area contributed by atoms with Crippen molar-refractivity contribution in [1.82, 2.24) is 9.55 Å². The number of fused-ring (bicyclic) bond motifs is 2. The van der Waals surface area contributed by atoms with Crippen LogP contribution in [0.2, 0.25) is 5.02 Å². The number of benzene rings is 3. The zero-order valence-corrected chi connectivity index (χ0v) is 15.0. The molecule has 4 rings (SSSR count). The molecule has 0 atom stereocenters. The molecule has 0 aliphatic carbocycles. The summed E-state index contributed by atoms with van der Waals surface area (Å²) in [6, 6.07) is 20.5. The van der Waals surface area contributed by atoms with Crippen molar-refractivity contribution in [3.05, 3.63) is 71.5 Å². The maximum Gasteiger partial charge on any atom is 0.148 e. The van der Waals surface area contributed by atoms with E-state index in [1.165, 1.54) is 10.8 Å². The van der Waals surface area contributed by atoms with E-state index in [4.69, 9.17) is 21.3 Å². The zero-order chi connectivity index (χ0) is 17.4. The van der Waals surface area contributed by atoms with Gasteiger partial charge in [-0.15, -0.1) is 0 Å². The maximum atomic E-state index is 6.11. The SMILES string of the molecule is CC(C)n1c(COc2ccc3ccccc3c2)nc2cc(Cl)ccc21. The molecule has 1 aromatic heterocycles. The fourth-order valence-corrected chi connectivity index (χ4v) is 3.37. The van der Waals surface area contributed by atoms with Crippen LogP contribution in [0.25, 0.3) is 21.8 Å². The van der Waals surface area contributed by atoms with Crippen LogP contribution >= 0.6 is 11.6 Å². The van der Waals surface area contributed by atoms with Crippen LogP contribution in [0.1, 0.15) is 25.7 Å². The predicted molar refractivity (Wildman–Crippen MR) is 103 cm³/mol. The third kappa shape index (κ3) is 3.08. The summed E-state index contributed by atoms with van der Waals surface area (Å²) < 4.78 is 8.24. The second kappa shape index (κ2) is 6.41. The molecule has 0 radical (unpaired) electrons. The largest absolute Gasteiger partial charge is 0.486 e. The molecule has 0 spiro atoms. The summed E-state index contributed by atoms with van der Waals surface area (Å²) in [5.74, 6) is 1.75. The van der Waals surface area contributed by atoms with Crippen LogP contribution in [-0.4, -0.2) is 9.55 Å². The lowest BCUT2D eigenvalue weighted by molar-refractivity contribution is 0.288. The van der Waals surface area contributed by atoms with Gasteiger partial charge in [-0.2, -0.15) is 0 Å². The first-order valence-electron chi connectivity index (χ1n) is 8.40. The van der Waals surface area contributed by atoms with Crippen LogP contribution in [0, 0.1) is 0 Å². The van der Waals surface area contributed by atoms with Crippen molar-refractivity contribution in [3.8, 4) is 5.75 Å². The van der Waals surface area contributed by atoms with Gasteiger partial charge in [0, 0.05) is 11.1 Å². The molecular formula is C21H19ClN2O. The standard InChI is InChI=1S/C21H19ClN2O/c1-14(2)24-20-10-8-17(22)12-19(20)23-21(24)13-25-18-9-7-15-5-3-4-6-16(15)11-18/h3-12,14H,13H2,1-2H3. The summed E-state index contributed by atoms with van der Waals surface area (Å²) >= 11 is 6.11. The second-order valence-electron chi connectivity index (χ2n) is 6.42.